The van der Waals surface area contributed by atoms with Gasteiger partial charge in [-0.15, -0.1) is 0 Å². The van der Waals surface area contributed by atoms with Gasteiger partial charge in [0.25, 0.3) is 0 Å². The van der Waals surface area contributed by atoms with E-state index in [1.54, 1.807) is 48.3 Å². The SMILES string of the molecule is C[C@H](N)C(=O)N[C@@H](Cc1cncn1C)C(=O)N[C@@H](CCCCN)C(=O)[O-].C[C@H](N)C(=O)N[C@@H](Cc1cncn1C)C(=O)N[C@@H](CCCCN)C(=O)[O-].[Cu+2]. The smallest absolute Gasteiger partial charge is 0.548 e. The first-order valence-corrected chi connectivity index (χ1v) is 17.0. The summed E-state index contributed by atoms with van der Waals surface area (Å²) in [6.07, 6.45) is 9.29. The minimum atomic E-state index is -1.38. The number of aliphatic carboxylic acids is 2. The van der Waals surface area contributed by atoms with Gasteiger partial charge in [0, 0.05) is 50.7 Å². The van der Waals surface area contributed by atoms with Gasteiger partial charge >= 0.3 is 17.1 Å². The predicted octanol–water partition coefficient (Wildman–Crippen LogP) is -5.69. The molecule has 0 aliphatic carbocycles. The monoisotopic (exact) mass is 797 g/mol. The van der Waals surface area contributed by atoms with Gasteiger partial charge in [-0.25, -0.2) is 9.97 Å². The van der Waals surface area contributed by atoms with Crippen LogP contribution in [0.2, 0.25) is 0 Å². The predicted molar refractivity (Wildman–Crippen MR) is 185 cm³/mol. The molecular weight excluding hydrogens is 744 g/mol. The number of carbonyl (C=O) groups excluding carboxylic acids is 6. The summed E-state index contributed by atoms with van der Waals surface area (Å²) in [6.45, 7) is 3.85. The van der Waals surface area contributed by atoms with Crippen LogP contribution in [0.25, 0.3) is 0 Å². The maximum Gasteiger partial charge on any atom is 2.00 e. The number of hydrogen-bond donors (Lipinski definition) is 8. The normalized spacial score (nSPS) is 14.0. The third-order valence-corrected chi connectivity index (χ3v) is 7.85. The first-order chi connectivity index (χ1) is 24.5. The van der Waals surface area contributed by atoms with Gasteiger partial charge in [-0.2, -0.15) is 0 Å². The van der Waals surface area contributed by atoms with E-state index in [4.69, 9.17) is 22.9 Å². The van der Waals surface area contributed by atoms with Crippen LogP contribution in [0.15, 0.2) is 25.0 Å². The number of hydrogen-bond acceptors (Lipinski definition) is 14. The Hall–Kier alpha value is -4.40. The molecule has 53 heavy (non-hydrogen) atoms. The molecule has 0 aromatic carbocycles. The van der Waals surface area contributed by atoms with Gasteiger partial charge in [-0.3, -0.25) is 19.2 Å². The number of aryl methyl sites for hydroxylation is 2. The Morgan fingerprint density at radius 2 is 0.943 bits per heavy atom. The van der Waals surface area contributed by atoms with Crippen molar-refractivity contribution < 1.29 is 56.0 Å². The van der Waals surface area contributed by atoms with Crippen molar-refractivity contribution in [3.8, 4) is 0 Å². The molecule has 0 spiro atoms. The van der Waals surface area contributed by atoms with E-state index in [1.165, 1.54) is 13.8 Å². The molecule has 301 valence electrons. The summed E-state index contributed by atoms with van der Waals surface area (Å²) in [5, 5.41) is 32.5. The fourth-order valence-corrected chi connectivity index (χ4v) is 4.63. The molecular formula is C32H54CuN12O8. The average Bonchev–Trinajstić information content (AvgIpc) is 3.69. The van der Waals surface area contributed by atoms with E-state index in [0.717, 1.165) is 0 Å². The molecule has 2 heterocycles. The number of nitrogens with zero attached hydrogens (tertiary/aromatic N) is 4. The van der Waals surface area contributed by atoms with Crippen molar-refractivity contribution in [2.24, 2.45) is 37.0 Å². The molecule has 0 unspecified atom stereocenters. The molecule has 6 atom stereocenters. The number of amides is 4. The summed E-state index contributed by atoms with van der Waals surface area (Å²) in [4.78, 5) is 79.5. The van der Waals surface area contributed by atoms with Crippen LogP contribution in [0.3, 0.4) is 0 Å². The summed E-state index contributed by atoms with van der Waals surface area (Å²) < 4.78 is 3.41. The van der Waals surface area contributed by atoms with E-state index < -0.39 is 71.8 Å². The molecule has 0 fully saturated rings. The molecule has 0 aliphatic rings. The number of aromatic nitrogens is 4. The molecule has 2 aromatic rings. The summed E-state index contributed by atoms with van der Waals surface area (Å²) in [6, 6.07) is -5.90. The molecule has 1 radical (unpaired) electrons. The summed E-state index contributed by atoms with van der Waals surface area (Å²) in [7, 11) is 3.50. The van der Waals surface area contributed by atoms with Crippen LogP contribution >= 0.6 is 0 Å². The van der Waals surface area contributed by atoms with E-state index in [1.807, 2.05) is 0 Å². The standard InChI is InChI=1S/2C16H28N6O4.Cu/c2*1-10(18)14(23)21-13(7-11-8-19-9-22(11)2)15(24)20-12(16(25)26)5-3-4-6-17;/h2*8-10,12-13H,3-7,17-18H2,1-2H3,(H,20,24)(H,21,23)(H,25,26);/q;;+2/p-2/t2*10-,12-,13-;/m00./s1. The van der Waals surface area contributed by atoms with Crippen molar-refractivity contribution in [1.29, 1.82) is 0 Å². The third kappa shape index (κ3) is 18.3. The molecule has 0 saturated carbocycles. The molecule has 0 saturated heterocycles. The maximum absolute atomic E-state index is 12.6. The number of rotatable bonds is 22. The fourth-order valence-electron chi connectivity index (χ4n) is 4.63. The number of carboxylic acids is 2. The molecule has 21 heteroatoms. The van der Waals surface area contributed by atoms with Crippen LogP contribution in [-0.2, 0) is 72.8 Å². The van der Waals surface area contributed by atoms with Gasteiger partial charge < -0.3 is 73.1 Å². The van der Waals surface area contributed by atoms with E-state index in [0.29, 0.717) is 50.2 Å². The number of nitrogens with one attached hydrogen (secondary N) is 4. The zero-order chi connectivity index (χ0) is 39.4. The first kappa shape index (κ1) is 48.6. The van der Waals surface area contributed by atoms with E-state index in [2.05, 4.69) is 31.2 Å². The zero-order valence-corrected chi connectivity index (χ0v) is 31.5. The molecule has 20 nitrogen and oxygen atoms in total. The zero-order valence-electron chi connectivity index (χ0n) is 30.5. The van der Waals surface area contributed by atoms with Crippen LogP contribution < -0.4 is 54.4 Å². The molecule has 0 bridgehead atoms. The fraction of sp³-hybridized carbons (Fsp3) is 0.625. The van der Waals surface area contributed by atoms with Gasteiger partial charge in [0.1, 0.15) is 12.1 Å². The molecule has 12 N–H and O–H groups in total. The Bertz CT molecular complexity index is 1340. The third-order valence-electron chi connectivity index (χ3n) is 7.85. The van der Waals surface area contributed by atoms with Crippen molar-refractivity contribution in [3.05, 3.63) is 36.4 Å². The second kappa shape index (κ2) is 25.6. The Labute approximate surface area is 319 Å². The van der Waals surface area contributed by atoms with Gasteiger partial charge in [0.15, 0.2) is 0 Å². The summed E-state index contributed by atoms with van der Waals surface area (Å²) in [5.41, 5.74) is 23.3. The maximum atomic E-state index is 12.6. The van der Waals surface area contributed by atoms with E-state index >= 15 is 0 Å². The van der Waals surface area contributed by atoms with Crippen LogP contribution in [0.1, 0.15) is 63.8 Å². The summed E-state index contributed by atoms with van der Waals surface area (Å²) >= 11 is 0. The Kier molecular flexibility index (Phi) is 23.4. The Balaban J connectivity index is 0.00000100. The Morgan fingerprint density at radius 3 is 1.19 bits per heavy atom. The molecule has 0 aliphatic heterocycles. The van der Waals surface area contributed by atoms with E-state index in [9.17, 15) is 39.0 Å². The molecule has 2 aromatic heterocycles. The summed E-state index contributed by atoms with van der Waals surface area (Å²) in [5.74, 6) is -5.04. The number of carboxylic acid groups (broad SMARTS) is 2. The van der Waals surface area contributed by atoms with Gasteiger partial charge in [0.2, 0.25) is 23.6 Å². The number of nitrogens with two attached hydrogens (primary N) is 4. The van der Waals surface area contributed by atoms with Crippen molar-refractivity contribution in [2.45, 2.75) is 101 Å². The van der Waals surface area contributed by atoms with Crippen molar-refractivity contribution >= 4 is 35.6 Å². The van der Waals surface area contributed by atoms with Crippen LogP contribution in [-0.4, -0.2) is 104 Å². The van der Waals surface area contributed by atoms with Crippen molar-refractivity contribution in [2.75, 3.05) is 13.1 Å². The quantitative estimate of drug-likeness (QED) is 0.0407. The van der Waals surface area contributed by atoms with E-state index in [-0.39, 0.29) is 42.8 Å². The average molecular weight is 798 g/mol. The second-order valence-corrected chi connectivity index (χ2v) is 12.4. The van der Waals surface area contributed by atoms with Crippen LogP contribution in [0, 0.1) is 0 Å². The van der Waals surface area contributed by atoms with Gasteiger partial charge in [-0.1, -0.05) is 0 Å². The number of carbonyl (C=O) groups is 6. The van der Waals surface area contributed by atoms with Gasteiger partial charge in [0.05, 0.1) is 48.8 Å². The van der Waals surface area contributed by atoms with Crippen molar-refractivity contribution in [3.63, 3.8) is 0 Å². The van der Waals surface area contributed by atoms with Gasteiger partial charge in [-0.05, 0) is 65.5 Å². The largest absolute Gasteiger partial charge is 2.00 e. The minimum Gasteiger partial charge on any atom is -0.548 e. The second-order valence-electron chi connectivity index (χ2n) is 12.4. The van der Waals surface area contributed by atoms with Crippen LogP contribution in [0.4, 0.5) is 0 Å². The number of imidazole rings is 2. The van der Waals surface area contributed by atoms with Crippen molar-refractivity contribution in [1.82, 2.24) is 40.4 Å². The molecule has 4 amide bonds. The van der Waals surface area contributed by atoms with Crippen LogP contribution in [0.5, 0.6) is 0 Å². The topological polar surface area (TPSA) is 336 Å². The number of unbranched alkanes of at least 4 members (excludes halogenated alkanes) is 2. The first-order valence-electron chi connectivity index (χ1n) is 17.0. The Morgan fingerprint density at radius 1 is 0.623 bits per heavy atom. The minimum absolute atomic E-state index is 0. The molecule has 2 rings (SSSR count).